The van der Waals surface area contributed by atoms with Gasteiger partial charge in [0, 0.05) is 62.2 Å². The first-order valence-electron chi connectivity index (χ1n) is 8.81. The molecule has 4 rings (SSSR count). The molecule has 0 aromatic carbocycles. The molecule has 0 aliphatic carbocycles. The molecule has 2 aromatic rings. The van der Waals surface area contributed by atoms with Crippen LogP contribution in [0.1, 0.15) is 16.8 Å². The maximum atomic E-state index is 12.8. The van der Waals surface area contributed by atoms with Gasteiger partial charge in [0.2, 0.25) is 11.8 Å². The molecule has 0 saturated carbocycles. The Labute approximate surface area is 156 Å². The summed E-state index contributed by atoms with van der Waals surface area (Å²) in [6.45, 7) is 2.75. The quantitative estimate of drug-likeness (QED) is 0.810. The average Bonchev–Trinajstić information content (AvgIpc) is 3.21. The zero-order valence-electron chi connectivity index (χ0n) is 14.5. The second-order valence-electron chi connectivity index (χ2n) is 6.31. The van der Waals surface area contributed by atoms with Crippen LogP contribution in [-0.4, -0.2) is 69.5 Å². The van der Waals surface area contributed by atoms with E-state index in [0.717, 1.165) is 31.0 Å². The van der Waals surface area contributed by atoms with Crippen LogP contribution in [0.2, 0.25) is 0 Å². The Bertz CT molecular complexity index is 746. The van der Waals surface area contributed by atoms with Crippen molar-refractivity contribution in [3.05, 3.63) is 42.4 Å². The Balaban J connectivity index is 1.37. The van der Waals surface area contributed by atoms with Gasteiger partial charge < -0.3 is 14.5 Å². The largest absolute Gasteiger partial charge is 0.473 e. The highest BCUT2D eigenvalue weighted by Crippen LogP contribution is 2.23. The Morgan fingerprint density at radius 3 is 2.65 bits per heavy atom. The molecule has 2 fully saturated rings. The zero-order valence-corrected chi connectivity index (χ0v) is 15.3. The fourth-order valence-electron chi connectivity index (χ4n) is 3.13. The van der Waals surface area contributed by atoms with Gasteiger partial charge in [-0.25, -0.2) is 15.0 Å². The third kappa shape index (κ3) is 3.90. The van der Waals surface area contributed by atoms with Crippen LogP contribution in [0.4, 0.5) is 5.95 Å². The monoisotopic (exact) mass is 371 g/mol. The van der Waals surface area contributed by atoms with E-state index in [4.69, 9.17) is 4.74 Å². The van der Waals surface area contributed by atoms with Gasteiger partial charge in [-0.2, -0.15) is 11.8 Å². The van der Waals surface area contributed by atoms with Crippen molar-refractivity contribution in [3.8, 4) is 5.88 Å². The summed E-state index contributed by atoms with van der Waals surface area (Å²) < 4.78 is 5.90. The van der Waals surface area contributed by atoms with Crippen molar-refractivity contribution >= 4 is 23.6 Å². The zero-order chi connectivity index (χ0) is 17.8. The number of nitrogens with zero attached hydrogens (tertiary/aromatic N) is 5. The fraction of sp³-hybridized carbons (Fsp3) is 0.444. The number of hydrogen-bond acceptors (Lipinski definition) is 7. The van der Waals surface area contributed by atoms with E-state index in [1.165, 1.54) is 0 Å². The molecule has 2 aliphatic rings. The lowest BCUT2D eigenvalue weighted by Crippen LogP contribution is -2.49. The van der Waals surface area contributed by atoms with Crippen molar-refractivity contribution < 1.29 is 9.53 Å². The van der Waals surface area contributed by atoms with E-state index in [1.807, 2.05) is 16.7 Å². The lowest BCUT2D eigenvalue weighted by molar-refractivity contribution is 0.0745. The van der Waals surface area contributed by atoms with E-state index in [0.29, 0.717) is 30.5 Å². The normalized spacial score (nSPS) is 20.2. The van der Waals surface area contributed by atoms with Gasteiger partial charge in [-0.15, -0.1) is 0 Å². The standard InChI is InChI=1S/C18H21N5O2S/c24-17(14-2-6-19-16(12-14)25-15-3-11-26-13-15)22-7-9-23(10-8-22)18-20-4-1-5-21-18/h1-2,4-6,12,15H,3,7-11,13H2. The minimum atomic E-state index is 0.0201. The molecule has 0 N–H and O–H groups in total. The number of anilines is 1. The number of hydrogen-bond donors (Lipinski definition) is 0. The van der Waals surface area contributed by atoms with Gasteiger partial charge in [-0.1, -0.05) is 0 Å². The molecule has 2 saturated heterocycles. The predicted octanol–water partition coefficient (Wildman–Crippen LogP) is 1.72. The molecule has 26 heavy (non-hydrogen) atoms. The average molecular weight is 371 g/mol. The molecular formula is C18H21N5O2S. The number of carbonyl (C=O) groups excluding carboxylic acids is 1. The Kier molecular flexibility index (Phi) is 5.19. The molecule has 136 valence electrons. The number of piperazine rings is 1. The lowest BCUT2D eigenvalue weighted by Gasteiger charge is -2.34. The molecular weight excluding hydrogens is 350 g/mol. The van der Waals surface area contributed by atoms with Crippen LogP contribution in [0.25, 0.3) is 0 Å². The van der Waals surface area contributed by atoms with E-state index >= 15 is 0 Å². The van der Waals surface area contributed by atoms with E-state index in [9.17, 15) is 4.79 Å². The summed E-state index contributed by atoms with van der Waals surface area (Å²) in [6.07, 6.45) is 6.36. The predicted molar refractivity (Wildman–Crippen MR) is 101 cm³/mol. The van der Waals surface area contributed by atoms with Crippen LogP contribution >= 0.6 is 11.8 Å². The maximum Gasteiger partial charge on any atom is 0.254 e. The second kappa shape index (κ2) is 7.90. The summed E-state index contributed by atoms with van der Waals surface area (Å²) in [6, 6.07) is 5.32. The number of thioether (sulfide) groups is 1. The highest BCUT2D eigenvalue weighted by Gasteiger charge is 2.24. The Hall–Kier alpha value is -2.35. The van der Waals surface area contributed by atoms with Gasteiger partial charge in [0.15, 0.2) is 0 Å². The van der Waals surface area contributed by atoms with Crippen molar-refractivity contribution in [3.63, 3.8) is 0 Å². The van der Waals surface area contributed by atoms with Crippen molar-refractivity contribution in [1.82, 2.24) is 19.9 Å². The highest BCUT2D eigenvalue weighted by atomic mass is 32.2. The minimum absolute atomic E-state index is 0.0201. The summed E-state index contributed by atoms with van der Waals surface area (Å²) in [5.74, 6) is 3.39. The summed E-state index contributed by atoms with van der Waals surface area (Å²) in [5.41, 5.74) is 0.630. The van der Waals surface area contributed by atoms with E-state index < -0.39 is 0 Å². The Morgan fingerprint density at radius 1 is 1.12 bits per heavy atom. The topological polar surface area (TPSA) is 71.5 Å². The molecule has 7 nitrogen and oxygen atoms in total. The smallest absolute Gasteiger partial charge is 0.254 e. The fourth-order valence-corrected chi connectivity index (χ4v) is 4.22. The molecule has 2 aliphatic heterocycles. The third-order valence-corrected chi connectivity index (χ3v) is 5.69. The van der Waals surface area contributed by atoms with Crippen molar-refractivity contribution in [1.29, 1.82) is 0 Å². The van der Waals surface area contributed by atoms with Gasteiger partial charge >= 0.3 is 0 Å². The number of rotatable bonds is 4. The van der Waals surface area contributed by atoms with Gasteiger partial charge in [0.1, 0.15) is 6.10 Å². The summed E-state index contributed by atoms with van der Waals surface area (Å²) in [4.78, 5) is 29.6. The molecule has 2 aromatic heterocycles. The summed E-state index contributed by atoms with van der Waals surface area (Å²) in [7, 11) is 0. The third-order valence-electron chi connectivity index (χ3n) is 4.56. The Morgan fingerprint density at radius 2 is 1.92 bits per heavy atom. The van der Waals surface area contributed by atoms with Crippen LogP contribution in [0.15, 0.2) is 36.8 Å². The van der Waals surface area contributed by atoms with Crippen LogP contribution in [-0.2, 0) is 0 Å². The molecule has 8 heteroatoms. The van der Waals surface area contributed by atoms with E-state index in [1.54, 1.807) is 36.8 Å². The van der Waals surface area contributed by atoms with Gasteiger partial charge in [0.05, 0.1) is 0 Å². The number of amides is 1. The first-order chi connectivity index (χ1) is 12.8. The molecule has 1 amide bonds. The minimum Gasteiger partial charge on any atom is -0.473 e. The number of aromatic nitrogens is 3. The van der Waals surface area contributed by atoms with Crippen LogP contribution in [0.5, 0.6) is 5.88 Å². The lowest BCUT2D eigenvalue weighted by atomic mass is 10.2. The van der Waals surface area contributed by atoms with Crippen molar-refractivity contribution in [2.24, 2.45) is 0 Å². The number of carbonyl (C=O) groups is 1. The van der Waals surface area contributed by atoms with Gasteiger partial charge in [-0.05, 0) is 24.3 Å². The number of pyridine rings is 1. The van der Waals surface area contributed by atoms with Gasteiger partial charge in [-0.3, -0.25) is 4.79 Å². The van der Waals surface area contributed by atoms with Crippen molar-refractivity contribution in [2.75, 3.05) is 42.6 Å². The molecule has 0 bridgehead atoms. The first kappa shape index (κ1) is 17.1. The summed E-state index contributed by atoms with van der Waals surface area (Å²) in [5, 5.41) is 0. The van der Waals surface area contributed by atoms with Crippen LogP contribution in [0.3, 0.4) is 0 Å². The highest BCUT2D eigenvalue weighted by molar-refractivity contribution is 7.99. The van der Waals surface area contributed by atoms with E-state index in [2.05, 4.69) is 19.9 Å². The second-order valence-corrected chi connectivity index (χ2v) is 7.46. The molecule has 4 heterocycles. The molecule has 1 unspecified atom stereocenters. The molecule has 1 atom stereocenters. The molecule has 0 radical (unpaired) electrons. The van der Waals surface area contributed by atoms with Gasteiger partial charge in [0.25, 0.3) is 5.91 Å². The maximum absolute atomic E-state index is 12.8. The van der Waals surface area contributed by atoms with Crippen molar-refractivity contribution in [2.45, 2.75) is 12.5 Å². The SMILES string of the molecule is O=C(c1ccnc(OC2CCSC2)c1)N1CCN(c2ncccn2)CC1. The summed E-state index contributed by atoms with van der Waals surface area (Å²) >= 11 is 1.89. The first-order valence-corrected chi connectivity index (χ1v) is 9.97. The van der Waals surface area contributed by atoms with E-state index in [-0.39, 0.29) is 12.0 Å². The number of ether oxygens (including phenoxy) is 1. The van der Waals surface area contributed by atoms with Crippen LogP contribution < -0.4 is 9.64 Å². The molecule has 0 spiro atoms. The van der Waals surface area contributed by atoms with Crippen LogP contribution in [0, 0.1) is 0 Å².